The van der Waals surface area contributed by atoms with Gasteiger partial charge in [0.1, 0.15) is 11.6 Å². The third-order valence-electron chi connectivity index (χ3n) is 4.48. The Balaban J connectivity index is 1.71. The average Bonchev–Trinajstić information content (AvgIpc) is 3.17. The summed E-state index contributed by atoms with van der Waals surface area (Å²) >= 11 is 0. The van der Waals surface area contributed by atoms with Gasteiger partial charge in [-0.1, -0.05) is 30.3 Å². The van der Waals surface area contributed by atoms with E-state index >= 15 is 0 Å². The summed E-state index contributed by atoms with van der Waals surface area (Å²) in [5.74, 6) is -1.22. The van der Waals surface area contributed by atoms with Gasteiger partial charge in [0.05, 0.1) is 17.4 Å². The molecule has 1 amide bonds. The molecular weight excluding hydrogens is 414 g/mol. The third kappa shape index (κ3) is 4.64. The summed E-state index contributed by atoms with van der Waals surface area (Å²) in [7, 11) is 0. The van der Waals surface area contributed by atoms with Crippen molar-refractivity contribution < 1.29 is 18.3 Å². The highest BCUT2D eigenvalue weighted by atomic mass is 19.1. The lowest BCUT2D eigenvalue weighted by molar-refractivity contribution is 0.102. The summed E-state index contributed by atoms with van der Waals surface area (Å²) < 4.78 is 34.9. The molecule has 4 aromatic rings. The number of benzene rings is 3. The Morgan fingerprint density at radius 3 is 2.53 bits per heavy atom. The van der Waals surface area contributed by atoms with E-state index in [9.17, 15) is 13.6 Å². The number of carbonyl (C=O) groups excluding carboxylic acids is 1. The number of aromatic nitrogens is 3. The number of rotatable bonds is 6. The van der Waals surface area contributed by atoms with E-state index < -0.39 is 17.5 Å². The van der Waals surface area contributed by atoms with Crippen LogP contribution >= 0.6 is 0 Å². The number of nitrogens with zero attached hydrogens (tertiary/aromatic N) is 3. The van der Waals surface area contributed by atoms with Crippen LogP contribution in [0, 0.1) is 11.6 Å². The molecule has 0 aliphatic rings. The molecule has 1 N–H and O–H groups in total. The van der Waals surface area contributed by atoms with Crippen molar-refractivity contribution in [3.05, 3.63) is 90.0 Å². The van der Waals surface area contributed by atoms with Crippen molar-refractivity contribution in [3.8, 4) is 23.1 Å². The third-order valence-corrected chi connectivity index (χ3v) is 4.48. The number of hydrogen-bond donors (Lipinski definition) is 1. The first-order valence-electron chi connectivity index (χ1n) is 9.96. The van der Waals surface area contributed by atoms with E-state index in [0.29, 0.717) is 22.8 Å². The van der Waals surface area contributed by atoms with E-state index in [4.69, 9.17) is 4.74 Å². The Labute approximate surface area is 183 Å². The molecule has 0 atom stereocenters. The highest BCUT2D eigenvalue weighted by Crippen LogP contribution is 2.26. The molecule has 1 aromatic heterocycles. The summed E-state index contributed by atoms with van der Waals surface area (Å²) in [4.78, 5) is 16.9. The Kier molecular flexibility index (Phi) is 5.93. The number of halogens is 2. The van der Waals surface area contributed by atoms with Crippen molar-refractivity contribution in [3.63, 3.8) is 0 Å². The van der Waals surface area contributed by atoms with Gasteiger partial charge in [-0.3, -0.25) is 4.79 Å². The van der Waals surface area contributed by atoms with Crippen LogP contribution in [-0.4, -0.2) is 26.8 Å². The zero-order chi connectivity index (χ0) is 22.7. The van der Waals surface area contributed by atoms with Gasteiger partial charge in [0, 0.05) is 11.3 Å². The summed E-state index contributed by atoms with van der Waals surface area (Å²) in [6, 6.07) is 18.7. The van der Waals surface area contributed by atoms with Crippen LogP contribution in [0.25, 0.3) is 17.1 Å². The van der Waals surface area contributed by atoms with Crippen molar-refractivity contribution in [1.82, 2.24) is 14.8 Å². The molecule has 162 valence electrons. The van der Waals surface area contributed by atoms with Gasteiger partial charge in [-0.2, -0.15) is 4.98 Å². The molecule has 1 heterocycles. The van der Waals surface area contributed by atoms with Crippen LogP contribution in [0.4, 0.5) is 14.5 Å². The SMILES string of the molecule is CC(C)Oc1nc(-c2cccc(F)c2)n(-c2cccc(NC(=O)c3ccccc3F)c2)n1. The predicted molar refractivity (Wildman–Crippen MR) is 117 cm³/mol. The quantitative estimate of drug-likeness (QED) is 0.450. The van der Waals surface area contributed by atoms with E-state index in [1.807, 2.05) is 13.8 Å². The fraction of sp³-hybridized carbons (Fsp3) is 0.125. The van der Waals surface area contributed by atoms with Gasteiger partial charge in [-0.15, -0.1) is 5.10 Å². The molecule has 4 rings (SSSR count). The van der Waals surface area contributed by atoms with Crippen molar-refractivity contribution in [2.24, 2.45) is 0 Å². The lowest BCUT2D eigenvalue weighted by Crippen LogP contribution is -2.14. The van der Waals surface area contributed by atoms with Crippen molar-refractivity contribution in [1.29, 1.82) is 0 Å². The number of amides is 1. The minimum absolute atomic E-state index is 0.0632. The summed E-state index contributed by atoms with van der Waals surface area (Å²) in [6.07, 6.45) is -0.155. The van der Waals surface area contributed by atoms with Crippen LogP contribution < -0.4 is 10.1 Å². The second kappa shape index (κ2) is 8.97. The molecule has 0 fully saturated rings. The van der Waals surface area contributed by atoms with E-state index in [2.05, 4.69) is 15.4 Å². The lowest BCUT2D eigenvalue weighted by Gasteiger charge is -2.10. The smallest absolute Gasteiger partial charge is 0.336 e. The van der Waals surface area contributed by atoms with Gasteiger partial charge in [0.15, 0.2) is 5.82 Å². The minimum atomic E-state index is -0.610. The normalized spacial score (nSPS) is 10.9. The molecule has 0 bridgehead atoms. The van der Waals surface area contributed by atoms with E-state index in [0.717, 1.165) is 0 Å². The molecule has 0 aliphatic heterocycles. The van der Waals surface area contributed by atoms with Gasteiger partial charge in [0.25, 0.3) is 5.91 Å². The fourth-order valence-corrected chi connectivity index (χ4v) is 3.11. The number of carbonyl (C=O) groups is 1. The summed E-state index contributed by atoms with van der Waals surface area (Å²) in [5.41, 5.74) is 1.44. The second-order valence-corrected chi connectivity index (χ2v) is 7.29. The van der Waals surface area contributed by atoms with Gasteiger partial charge in [0.2, 0.25) is 0 Å². The van der Waals surface area contributed by atoms with Gasteiger partial charge >= 0.3 is 6.01 Å². The van der Waals surface area contributed by atoms with Gasteiger partial charge in [-0.05, 0) is 56.3 Å². The van der Waals surface area contributed by atoms with Crippen molar-refractivity contribution in [2.45, 2.75) is 20.0 Å². The molecule has 6 nitrogen and oxygen atoms in total. The number of ether oxygens (including phenoxy) is 1. The molecule has 0 saturated carbocycles. The molecule has 0 radical (unpaired) electrons. The molecule has 0 saturated heterocycles. The zero-order valence-electron chi connectivity index (χ0n) is 17.4. The highest BCUT2D eigenvalue weighted by Gasteiger charge is 2.17. The Morgan fingerprint density at radius 1 is 1.00 bits per heavy atom. The lowest BCUT2D eigenvalue weighted by atomic mass is 10.2. The maximum Gasteiger partial charge on any atom is 0.336 e. The summed E-state index contributed by atoms with van der Waals surface area (Å²) in [5, 5.41) is 7.09. The molecule has 0 unspecified atom stereocenters. The fourth-order valence-electron chi connectivity index (χ4n) is 3.11. The first-order valence-corrected chi connectivity index (χ1v) is 9.96. The summed E-state index contributed by atoms with van der Waals surface area (Å²) in [6.45, 7) is 3.70. The predicted octanol–water partition coefficient (Wildman–Crippen LogP) is 5.25. The standard InChI is InChI=1S/C24H20F2N4O2/c1-15(2)32-24-28-22(16-7-5-8-17(25)13-16)30(29-24)19-10-6-9-18(14-19)27-23(31)20-11-3-4-12-21(20)26/h3-15H,1-2H3,(H,27,31). The molecular formula is C24H20F2N4O2. The van der Waals surface area contributed by atoms with Crippen LogP contribution in [0.3, 0.4) is 0 Å². The van der Waals surface area contributed by atoms with Gasteiger partial charge < -0.3 is 10.1 Å². The second-order valence-electron chi connectivity index (χ2n) is 7.29. The number of anilines is 1. The number of hydrogen-bond acceptors (Lipinski definition) is 4. The Bertz CT molecular complexity index is 1270. The Hall–Kier alpha value is -4.07. The van der Waals surface area contributed by atoms with Gasteiger partial charge in [-0.25, -0.2) is 13.5 Å². The van der Waals surface area contributed by atoms with E-state index in [1.165, 1.54) is 35.0 Å². The average molecular weight is 434 g/mol. The molecule has 8 heteroatoms. The maximum absolute atomic E-state index is 13.9. The molecule has 0 spiro atoms. The van der Waals surface area contributed by atoms with Crippen LogP contribution in [0.2, 0.25) is 0 Å². The van der Waals surface area contributed by atoms with Crippen LogP contribution in [0.5, 0.6) is 6.01 Å². The van der Waals surface area contributed by atoms with Crippen molar-refractivity contribution in [2.75, 3.05) is 5.32 Å². The van der Waals surface area contributed by atoms with Crippen LogP contribution in [0.1, 0.15) is 24.2 Å². The zero-order valence-corrected chi connectivity index (χ0v) is 17.4. The minimum Gasteiger partial charge on any atom is -0.460 e. The number of nitrogens with one attached hydrogen (secondary N) is 1. The largest absolute Gasteiger partial charge is 0.460 e. The molecule has 0 aliphatic carbocycles. The van der Waals surface area contributed by atoms with Crippen LogP contribution in [0.15, 0.2) is 72.8 Å². The van der Waals surface area contributed by atoms with E-state index in [-0.39, 0.29) is 17.7 Å². The first-order chi connectivity index (χ1) is 15.4. The van der Waals surface area contributed by atoms with Crippen LogP contribution in [-0.2, 0) is 0 Å². The van der Waals surface area contributed by atoms with E-state index in [1.54, 1.807) is 42.5 Å². The maximum atomic E-state index is 13.9. The Morgan fingerprint density at radius 2 is 1.78 bits per heavy atom. The monoisotopic (exact) mass is 434 g/mol. The first kappa shape index (κ1) is 21.2. The molecule has 3 aromatic carbocycles. The highest BCUT2D eigenvalue weighted by molar-refractivity contribution is 6.04. The van der Waals surface area contributed by atoms with Crippen molar-refractivity contribution >= 4 is 11.6 Å². The molecule has 32 heavy (non-hydrogen) atoms. The topological polar surface area (TPSA) is 69.0 Å².